The van der Waals surface area contributed by atoms with Crippen LogP contribution in [-0.4, -0.2) is 54.1 Å². The van der Waals surface area contributed by atoms with Crippen molar-refractivity contribution in [2.75, 3.05) is 38.2 Å². The monoisotopic (exact) mass is 326 g/mol. The van der Waals surface area contributed by atoms with E-state index in [-0.39, 0.29) is 5.91 Å². The van der Waals surface area contributed by atoms with Crippen LogP contribution in [0.4, 0.5) is 5.82 Å². The summed E-state index contributed by atoms with van der Waals surface area (Å²) in [7, 11) is 1.61. The van der Waals surface area contributed by atoms with Crippen LogP contribution in [0.5, 0.6) is 5.75 Å². The quantitative estimate of drug-likeness (QED) is 0.864. The second-order valence-corrected chi connectivity index (χ2v) is 5.93. The van der Waals surface area contributed by atoms with Crippen LogP contribution in [0.15, 0.2) is 30.3 Å². The number of nitrogens with zero attached hydrogens (tertiary/aromatic N) is 4. The Labute approximate surface area is 142 Å². The largest absolute Gasteiger partial charge is 0.497 e. The number of ether oxygens (including phenoxy) is 1. The molecule has 0 unspecified atom stereocenters. The van der Waals surface area contributed by atoms with Crippen LogP contribution < -0.4 is 9.64 Å². The summed E-state index contributed by atoms with van der Waals surface area (Å²) in [5.74, 6) is 2.46. The topological polar surface area (TPSA) is 58.6 Å². The van der Waals surface area contributed by atoms with Crippen LogP contribution in [0.25, 0.3) is 0 Å². The van der Waals surface area contributed by atoms with E-state index in [4.69, 9.17) is 4.74 Å². The van der Waals surface area contributed by atoms with E-state index in [1.165, 1.54) is 0 Å². The first-order valence-electron chi connectivity index (χ1n) is 8.07. The number of aryl methyl sites for hydroxylation is 2. The summed E-state index contributed by atoms with van der Waals surface area (Å²) < 4.78 is 5.20. The van der Waals surface area contributed by atoms with E-state index in [0.29, 0.717) is 24.4 Å². The number of rotatable bonds is 3. The maximum Gasteiger partial charge on any atom is 0.254 e. The molecule has 1 aliphatic heterocycles. The van der Waals surface area contributed by atoms with E-state index < -0.39 is 0 Å². The molecule has 24 heavy (non-hydrogen) atoms. The Morgan fingerprint density at radius 2 is 1.83 bits per heavy atom. The van der Waals surface area contributed by atoms with Gasteiger partial charge in [-0.25, -0.2) is 9.97 Å². The number of hydrogen-bond donors (Lipinski definition) is 0. The Balaban J connectivity index is 1.67. The summed E-state index contributed by atoms with van der Waals surface area (Å²) in [6.45, 7) is 6.77. The summed E-state index contributed by atoms with van der Waals surface area (Å²) in [5.41, 5.74) is 1.63. The molecule has 2 aromatic rings. The Bertz CT molecular complexity index is 719. The molecular weight excluding hydrogens is 304 g/mol. The van der Waals surface area contributed by atoms with Crippen LogP contribution in [0, 0.1) is 13.8 Å². The molecule has 0 N–H and O–H groups in total. The second-order valence-electron chi connectivity index (χ2n) is 5.93. The van der Waals surface area contributed by atoms with Gasteiger partial charge in [0.25, 0.3) is 5.91 Å². The zero-order valence-electron chi connectivity index (χ0n) is 14.3. The van der Waals surface area contributed by atoms with E-state index in [2.05, 4.69) is 14.9 Å². The molecule has 6 heteroatoms. The van der Waals surface area contributed by atoms with Gasteiger partial charge in [-0.3, -0.25) is 4.79 Å². The van der Waals surface area contributed by atoms with Gasteiger partial charge >= 0.3 is 0 Å². The number of anilines is 1. The maximum absolute atomic E-state index is 12.6. The van der Waals surface area contributed by atoms with Crippen molar-refractivity contribution in [3.63, 3.8) is 0 Å². The van der Waals surface area contributed by atoms with Crippen LogP contribution in [0.3, 0.4) is 0 Å². The fourth-order valence-corrected chi connectivity index (χ4v) is 2.94. The minimum Gasteiger partial charge on any atom is -0.497 e. The Morgan fingerprint density at radius 3 is 2.50 bits per heavy atom. The number of aromatic nitrogens is 2. The van der Waals surface area contributed by atoms with Crippen LogP contribution in [0.2, 0.25) is 0 Å². The summed E-state index contributed by atoms with van der Waals surface area (Å²) in [6.07, 6.45) is 0. The highest BCUT2D eigenvalue weighted by Crippen LogP contribution is 2.18. The third kappa shape index (κ3) is 3.48. The van der Waals surface area contributed by atoms with Gasteiger partial charge in [0.15, 0.2) is 0 Å². The van der Waals surface area contributed by atoms with Gasteiger partial charge in [-0.1, -0.05) is 6.07 Å². The molecule has 126 valence electrons. The summed E-state index contributed by atoms with van der Waals surface area (Å²) >= 11 is 0. The SMILES string of the molecule is COc1cccc(C(=O)N2CCN(c3cc(C)nc(C)n3)CC2)c1. The number of carbonyl (C=O) groups is 1. The van der Waals surface area contributed by atoms with Crippen molar-refractivity contribution in [1.82, 2.24) is 14.9 Å². The van der Waals surface area contributed by atoms with Gasteiger partial charge in [-0.15, -0.1) is 0 Å². The minimum absolute atomic E-state index is 0.0450. The minimum atomic E-state index is 0.0450. The van der Waals surface area contributed by atoms with Gasteiger partial charge in [0.2, 0.25) is 0 Å². The average molecular weight is 326 g/mol. The molecule has 1 aliphatic rings. The highest BCUT2D eigenvalue weighted by atomic mass is 16.5. The third-order valence-corrected chi connectivity index (χ3v) is 4.16. The lowest BCUT2D eigenvalue weighted by atomic mass is 10.1. The Hall–Kier alpha value is -2.63. The summed E-state index contributed by atoms with van der Waals surface area (Å²) in [5, 5.41) is 0. The molecule has 0 aliphatic carbocycles. The van der Waals surface area contributed by atoms with Crippen molar-refractivity contribution in [3.05, 3.63) is 47.4 Å². The summed E-state index contributed by atoms with van der Waals surface area (Å²) in [6, 6.07) is 9.29. The molecule has 2 heterocycles. The third-order valence-electron chi connectivity index (χ3n) is 4.16. The van der Waals surface area contributed by atoms with Gasteiger partial charge in [0, 0.05) is 43.5 Å². The van der Waals surface area contributed by atoms with E-state index in [1.54, 1.807) is 13.2 Å². The number of methoxy groups -OCH3 is 1. The molecule has 0 radical (unpaired) electrons. The van der Waals surface area contributed by atoms with Gasteiger partial charge in [0.1, 0.15) is 17.4 Å². The smallest absolute Gasteiger partial charge is 0.254 e. The first-order chi connectivity index (χ1) is 11.6. The molecule has 1 saturated heterocycles. The molecule has 3 rings (SSSR count). The van der Waals surface area contributed by atoms with Crippen molar-refractivity contribution >= 4 is 11.7 Å². The normalized spacial score (nSPS) is 14.6. The maximum atomic E-state index is 12.6. The van der Waals surface area contributed by atoms with Crippen LogP contribution >= 0.6 is 0 Å². The Kier molecular flexibility index (Phi) is 4.64. The molecule has 1 aromatic heterocycles. The molecule has 0 atom stereocenters. The zero-order valence-corrected chi connectivity index (χ0v) is 14.3. The van der Waals surface area contributed by atoms with Crippen LogP contribution in [-0.2, 0) is 0 Å². The van der Waals surface area contributed by atoms with Crippen LogP contribution in [0.1, 0.15) is 21.9 Å². The lowest BCUT2D eigenvalue weighted by Gasteiger charge is -2.35. The molecule has 0 bridgehead atoms. The highest BCUT2D eigenvalue weighted by Gasteiger charge is 2.23. The molecule has 6 nitrogen and oxygen atoms in total. The number of piperazine rings is 1. The molecule has 1 amide bonds. The molecule has 1 aromatic carbocycles. The lowest BCUT2D eigenvalue weighted by Crippen LogP contribution is -2.49. The predicted octanol–water partition coefficient (Wildman–Crippen LogP) is 2.06. The van der Waals surface area contributed by atoms with Crippen molar-refractivity contribution < 1.29 is 9.53 Å². The second kappa shape index (κ2) is 6.86. The standard InChI is InChI=1S/C18H22N4O2/c1-13-11-17(20-14(2)19-13)21-7-9-22(10-8-21)18(23)15-5-4-6-16(12-15)24-3/h4-6,11-12H,7-10H2,1-3H3. The van der Waals surface area contributed by atoms with Gasteiger partial charge in [-0.05, 0) is 32.0 Å². The molecular formula is C18H22N4O2. The fourth-order valence-electron chi connectivity index (χ4n) is 2.94. The first kappa shape index (κ1) is 16.2. The number of carbonyl (C=O) groups excluding carboxylic acids is 1. The van der Waals surface area contributed by atoms with E-state index in [9.17, 15) is 4.79 Å². The predicted molar refractivity (Wildman–Crippen MR) is 92.6 cm³/mol. The van der Waals surface area contributed by atoms with Gasteiger partial charge in [0.05, 0.1) is 7.11 Å². The fraction of sp³-hybridized carbons (Fsp3) is 0.389. The molecule has 1 fully saturated rings. The van der Waals surface area contributed by atoms with Crippen molar-refractivity contribution in [2.45, 2.75) is 13.8 Å². The van der Waals surface area contributed by atoms with Gasteiger partial charge < -0.3 is 14.5 Å². The number of hydrogen-bond acceptors (Lipinski definition) is 5. The van der Waals surface area contributed by atoms with E-state index >= 15 is 0 Å². The lowest BCUT2D eigenvalue weighted by molar-refractivity contribution is 0.0746. The Morgan fingerprint density at radius 1 is 1.08 bits per heavy atom. The number of benzene rings is 1. The molecule has 0 spiro atoms. The van der Waals surface area contributed by atoms with E-state index in [0.717, 1.165) is 30.4 Å². The highest BCUT2D eigenvalue weighted by molar-refractivity contribution is 5.94. The number of amides is 1. The first-order valence-corrected chi connectivity index (χ1v) is 8.07. The molecule has 0 saturated carbocycles. The summed E-state index contributed by atoms with van der Waals surface area (Å²) in [4.78, 5) is 25.5. The van der Waals surface area contributed by atoms with Gasteiger partial charge in [-0.2, -0.15) is 0 Å². The zero-order chi connectivity index (χ0) is 17.1. The van der Waals surface area contributed by atoms with Crippen molar-refractivity contribution in [1.29, 1.82) is 0 Å². The average Bonchev–Trinajstić information content (AvgIpc) is 2.60. The van der Waals surface area contributed by atoms with E-state index in [1.807, 2.05) is 43.0 Å². The van der Waals surface area contributed by atoms with Crippen molar-refractivity contribution in [3.8, 4) is 5.75 Å². The van der Waals surface area contributed by atoms with Crippen molar-refractivity contribution in [2.24, 2.45) is 0 Å².